The zero-order valence-electron chi connectivity index (χ0n) is 9.81. The molecule has 0 spiro atoms. The molecule has 0 fully saturated rings. The molecule has 1 rings (SSSR count). The van der Waals surface area contributed by atoms with Crippen molar-refractivity contribution in [3.05, 3.63) is 33.3 Å². The number of carbonyl (C=O) groups excluding carboxylic acids is 1. The smallest absolute Gasteiger partial charge is 0.146 e. The van der Waals surface area contributed by atoms with Crippen molar-refractivity contribution in [1.82, 2.24) is 0 Å². The average molecular weight is 348 g/mol. The van der Waals surface area contributed by atoms with Crippen LogP contribution >= 0.6 is 31.9 Å². The Labute approximate surface area is 114 Å². The van der Waals surface area contributed by atoms with Gasteiger partial charge >= 0.3 is 0 Å². The monoisotopic (exact) mass is 346 g/mol. The first-order chi connectivity index (χ1) is 7.45. The van der Waals surface area contributed by atoms with Gasteiger partial charge in [0.25, 0.3) is 0 Å². The van der Waals surface area contributed by atoms with Gasteiger partial charge in [-0.1, -0.05) is 44.8 Å². The zero-order chi connectivity index (χ0) is 12.3. The Balaban J connectivity index is 2.93. The summed E-state index contributed by atoms with van der Waals surface area (Å²) >= 11 is 7.02. The molecule has 0 aliphatic heterocycles. The molecule has 0 bridgehead atoms. The van der Waals surface area contributed by atoms with E-state index in [0.29, 0.717) is 6.42 Å². The molecule has 0 aliphatic rings. The van der Waals surface area contributed by atoms with Crippen LogP contribution in [-0.2, 0) is 11.2 Å². The summed E-state index contributed by atoms with van der Waals surface area (Å²) in [5, 5.41) is 0. The second kappa shape index (κ2) is 5.97. The van der Waals surface area contributed by atoms with Crippen LogP contribution in [0.5, 0.6) is 0 Å². The lowest BCUT2D eigenvalue weighted by molar-refractivity contribution is -0.118. The van der Waals surface area contributed by atoms with Crippen LogP contribution in [0.2, 0.25) is 0 Å². The van der Waals surface area contributed by atoms with Crippen molar-refractivity contribution in [2.45, 2.75) is 38.4 Å². The highest BCUT2D eigenvalue weighted by atomic mass is 79.9. The Hall–Kier alpha value is -0.150. The summed E-state index contributed by atoms with van der Waals surface area (Å²) in [7, 11) is 0. The SMILES string of the molecule is CCC(=O)C(Br)Cc1c(C)cc(C)cc1Br. The average Bonchev–Trinajstić information content (AvgIpc) is 2.21. The standard InChI is InChI=1S/C13H16Br2O/c1-4-13(16)12(15)7-10-9(3)5-8(2)6-11(10)14/h5-6,12H,4,7H2,1-3H3. The van der Waals surface area contributed by atoms with Gasteiger partial charge < -0.3 is 0 Å². The van der Waals surface area contributed by atoms with E-state index in [0.717, 1.165) is 10.9 Å². The van der Waals surface area contributed by atoms with Gasteiger partial charge in [-0.15, -0.1) is 0 Å². The van der Waals surface area contributed by atoms with Gasteiger partial charge in [-0.25, -0.2) is 0 Å². The number of alkyl halides is 1. The minimum atomic E-state index is -0.0739. The van der Waals surface area contributed by atoms with Crippen LogP contribution in [0.1, 0.15) is 30.0 Å². The Morgan fingerprint density at radius 1 is 1.38 bits per heavy atom. The maximum atomic E-state index is 11.5. The van der Waals surface area contributed by atoms with Crippen molar-refractivity contribution >= 4 is 37.6 Å². The van der Waals surface area contributed by atoms with Gasteiger partial charge in [0, 0.05) is 10.9 Å². The van der Waals surface area contributed by atoms with E-state index in [1.54, 1.807) is 0 Å². The Morgan fingerprint density at radius 3 is 2.50 bits per heavy atom. The number of benzene rings is 1. The molecule has 0 amide bonds. The molecule has 0 radical (unpaired) electrons. The number of carbonyl (C=O) groups is 1. The largest absolute Gasteiger partial charge is 0.298 e. The van der Waals surface area contributed by atoms with Crippen molar-refractivity contribution < 1.29 is 4.79 Å². The van der Waals surface area contributed by atoms with Gasteiger partial charge in [0.1, 0.15) is 5.78 Å². The molecule has 1 nitrogen and oxygen atoms in total. The summed E-state index contributed by atoms with van der Waals surface area (Å²) in [5.74, 6) is 0.256. The highest BCUT2D eigenvalue weighted by Crippen LogP contribution is 2.25. The van der Waals surface area contributed by atoms with E-state index in [9.17, 15) is 4.79 Å². The van der Waals surface area contributed by atoms with Crippen LogP contribution in [0.4, 0.5) is 0 Å². The molecule has 1 atom stereocenters. The molecule has 0 aliphatic carbocycles. The minimum absolute atomic E-state index is 0.0739. The molecule has 16 heavy (non-hydrogen) atoms. The number of rotatable bonds is 4. The third kappa shape index (κ3) is 3.42. The van der Waals surface area contributed by atoms with Crippen LogP contribution in [0.25, 0.3) is 0 Å². The van der Waals surface area contributed by atoms with E-state index in [4.69, 9.17) is 0 Å². The third-order valence-corrected chi connectivity index (χ3v) is 4.19. The minimum Gasteiger partial charge on any atom is -0.298 e. The first kappa shape index (κ1) is 13.9. The summed E-state index contributed by atoms with van der Waals surface area (Å²) in [4.78, 5) is 11.5. The summed E-state index contributed by atoms with van der Waals surface area (Å²) in [5.41, 5.74) is 3.69. The van der Waals surface area contributed by atoms with E-state index >= 15 is 0 Å². The number of aryl methyl sites for hydroxylation is 2. The normalized spacial score (nSPS) is 12.6. The number of ketones is 1. The molecule has 0 N–H and O–H groups in total. The van der Waals surface area contributed by atoms with Crippen LogP contribution in [0, 0.1) is 13.8 Å². The van der Waals surface area contributed by atoms with Crippen molar-refractivity contribution in [1.29, 1.82) is 0 Å². The van der Waals surface area contributed by atoms with E-state index < -0.39 is 0 Å². The fraction of sp³-hybridized carbons (Fsp3) is 0.462. The number of Topliss-reactive ketones (excluding diaryl/α,β-unsaturated/α-hetero) is 1. The van der Waals surface area contributed by atoms with Crippen molar-refractivity contribution in [2.75, 3.05) is 0 Å². The van der Waals surface area contributed by atoms with E-state index in [1.807, 2.05) is 6.92 Å². The van der Waals surface area contributed by atoms with E-state index in [2.05, 4.69) is 57.8 Å². The summed E-state index contributed by atoms with van der Waals surface area (Å²) in [6, 6.07) is 4.24. The Kier molecular flexibility index (Phi) is 5.19. The second-order valence-electron chi connectivity index (χ2n) is 4.03. The van der Waals surface area contributed by atoms with Gasteiger partial charge in [0.15, 0.2) is 0 Å². The molecule has 88 valence electrons. The van der Waals surface area contributed by atoms with E-state index in [-0.39, 0.29) is 10.6 Å². The Bertz CT molecular complexity index is 376. The fourth-order valence-electron chi connectivity index (χ4n) is 1.72. The van der Waals surface area contributed by atoms with Gasteiger partial charge in [-0.05, 0) is 43.0 Å². The summed E-state index contributed by atoms with van der Waals surface area (Å²) in [6.07, 6.45) is 1.33. The first-order valence-corrected chi connectivity index (χ1v) is 7.09. The Morgan fingerprint density at radius 2 is 2.00 bits per heavy atom. The van der Waals surface area contributed by atoms with Crippen molar-refractivity contribution in [3.8, 4) is 0 Å². The quantitative estimate of drug-likeness (QED) is 0.740. The molecule has 0 heterocycles. The highest BCUT2D eigenvalue weighted by molar-refractivity contribution is 9.10. The number of hydrogen-bond donors (Lipinski definition) is 0. The van der Waals surface area contributed by atoms with Gasteiger partial charge in [0.2, 0.25) is 0 Å². The highest BCUT2D eigenvalue weighted by Gasteiger charge is 2.16. The predicted octanol–water partition coefficient (Wildman–Crippen LogP) is 4.35. The first-order valence-electron chi connectivity index (χ1n) is 5.38. The predicted molar refractivity (Wildman–Crippen MR) is 75.3 cm³/mol. The maximum absolute atomic E-state index is 11.5. The summed E-state index contributed by atoms with van der Waals surface area (Å²) in [6.45, 7) is 6.06. The molecule has 1 aromatic carbocycles. The molecule has 1 unspecified atom stereocenters. The lowest BCUT2D eigenvalue weighted by Crippen LogP contribution is -2.16. The lowest BCUT2D eigenvalue weighted by Gasteiger charge is -2.13. The third-order valence-electron chi connectivity index (χ3n) is 2.64. The molecular formula is C13H16Br2O. The number of hydrogen-bond acceptors (Lipinski definition) is 1. The maximum Gasteiger partial charge on any atom is 0.146 e. The van der Waals surface area contributed by atoms with Gasteiger partial charge in [-0.2, -0.15) is 0 Å². The van der Waals surface area contributed by atoms with Crippen molar-refractivity contribution in [3.63, 3.8) is 0 Å². The van der Waals surface area contributed by atoms with Crippen LogP contribution in [-0.4, -0.2) is 10.6 Å². The fourth-order valence-corrected chi connectivity index (χ4v) is 3.20. The topological polar surface area (TPSA) is 17.1 Å². The molecule has 0 aromatic heterocycles. The van der Waals surface area contributed by atoms with Crippen LogP contribution in [0.15, 0.2) is 16.6 Å². The number of halogens is 2. The molecule has 0 saturated heterocycles. The van der Waals surface area contributed by atoms with E-state index in [1.165, 1.54) is 16.7 Å². The molecule has 3 heteroatoms. The second-order valence-corrected chi connectivity index (χ2v) is 5.99. The van der Waals surface area contributed by atoms with Gasteiger partial charge in [-0.3, -0.25) is 4.79 Å². The van der Waals surface area contributed by atoms with Gasteiger partial charge in [0.05, 0.1) is 4.83 Å². The molecule has 1 aromatic rings. The lowest BCUT2D eigenvalue weighted by atomic mass is 10.00. The molecule has 0 saturated carbocycles. The summed E-state index contributed by atoms with van der Waals surface area (Å²) < 4.78 is 1.10. The van der Waals surface area contributed by atoms with Crippen LogP contribution < -0.4 is 0 Å². The molecular weight excluding hydrogens is 332 g/mol. The van der Waals surface area contributed by atoms with Crippen molar-refractivity contribution in [2.24, 2.45) is 0 Å². The van der Waals surface area contributed by atoms with Crippen LogP contribution in [0.3, 0.4) is 0 Å². The zero-order valence-corrected chi connectivity index (χ0v) is 13.0.